The average Bonchev–Trinajstić information content (AvgIpc) is 3.18. The Hall–Kier alpha value is -2.55. The van der Waals surface area contributed by atoms with Crippen LogP contribution in [0.2, 0.25) is 10.0 Å². The summed E-state index contributed by atoms with van der Waals surface area (Å²) < 4.78 is 0. The van der Waals surface area contributed by atoms with Gasteiger partial charge in [-0.25, -0.2) is 0 Å². The quantitative estimate of drug-likeness (QED) is 0.737. The van der Waals surface area contributed by atoms with E-state index in [9.17, 15) is 14.4 Å². The van der Waals surface area contributed by atoms with Gasteiger partial charge in [-0.05, 0) is 23.4 Å². The van der Waals surface area contributed by atoms with Crippen molar-refractivity contribution in [3.8, 4) is 0 Å². The summed E-state index contributed by atoms with van der Waals surface area (Å²) in [5.74, 6) is -1.20. The molecular formula is C20H16Cl2N4O3S. The van der Waals surface area contributed by atoms with Crippen LogP contribution in [0.25, 0.3) is 0 Å². The summed E-state index contributed by atoms with van der Waals surface area (Å²) in [7, 11) is 0. The molecule has 2 heterocycles. The first-order chi connectivity index (χ1) is 14.3. The number of hydrogen-bond acceptors (Lipinski definition) is 5. The third-order valence-electron chi connectivity index (χ3n) is 4.74. The normalized spacial score (nSPS) is 19.9. The first-order valence-electron chi connectivity index (χ1n) is 8.96. The van der Waals surface area contributed by atoms with Crippen molar-refractivity contribution in [1.82, 2.24) is 10.3 Å². The number of amides is 3. The Morgan fingerprint density at radius 3 is 2.47 bits per heavy atom. The molecule has 3 amide bonds. The maximum absolute atomic E-state index is 13.8. The van der Waals surface area contributed by atoms with Gasteiger partial charge in [0.1, 0.15) is 0 Å². The van der Waals surface area contributed by atoms with Crippen LogP contribution in [0.15, 0.2) is 47.6 Å². The fourth-order valence-electron chi connectivity index (χ4n) is 3.56. The van der Waals surface area contributed by atoms with Gasteiger partial charge in [-0.1, -0.05) is 59.6 Å². The zero-order chi connectivity index (χ0) is 21.6. The van der Waals surface area contributed by atoms with Gasteiger partial charge in [0.15, 0.2) is 5.17 Å². The molecule has 0 bridgehead atoms. The largest absolute Gasteiger partial charge is 0.304 e. The third kappa shape index (κ3) is 3.15. The van der Waals surface area contributed by atoms with E-state index in [0.29, 0.717) is 16.3 Å². The van der Waals surface area contributed by atoms with E-state index in [1.165, 1.54) is 18.7 Å². The number of fused-ring (bicyclic) bond motifs is 2. The standard InChI is InChI=1S/C20H16Cl2N4O3S/c1-11(27)23-19-24-26(12(2)28)20(30-19)14-8-9-15(21)16(22)17(14)25(18(20)29)10-13-6-4-3-5-7-13/h3-9H,10H2,1-2H3,(H,23,24,27). The van der Waals surface area contributed by atoms with Gasteiger partial charge in [-0.15, -0.1) is 5.10 Å². The molecule has 7 nitrogen and oxygen atoms in total. The summed E-state index contributed by atoms with van der Waals surface area (Å²) in [5, 5.41) is 8.54. The highest BCUT2D eigenvalue weighted by Crippen LogP contribution is 2.57. The maximum Gasteiger partial charge on any atom is 0.271 e. The predicted molar refractivity (Wildman–Crippen MR) is 117 cm³/mol. The molecule has 0 fully saturated rings. The Balaban J connectivity index is 1.88. The van der Waals surface area contributed by atoms with Crippen molar-refractivity contribution in [3.05, 3.63) is 63.6 Å². The van der Waals surface area contributed by atoms with Crippen LogP contribution in [0.5, 0.6) is 0 Å². The lowest BCUT2D eigenvalue weighted by Crippen LogP contribution is -2.48. The fraction of sp³-hybridized carbons (Fsp3) is 0.200. The molecule has 1 atom stereocenters. The van der Waals surface area contributed by atoms with E-state index in [0.717, 1.165) is 22.3 Å². The molecule has 0 radical (unpaired) electrons. The number of nitrogens with one attached hydrogen (secondary N) is 1. The van der Waals surface area contributed by atoms with E-state index in [4.69, 9.17) is 23.2 Å². The van der Waals surface area contributed by atoms with Crippen molar-refractivity contribution in [2.75, 3.05) is 4.90 Å². The van der Waals surface area contributed by atoms with Gasteiger partial charge in [0.2, 0.25) is 16.7 Å². The highest BCUT2D eigenvalue weighted by atomic mass is 35.5. The number of hydrogen-bond donors (Lipinski definition) is 1. The van der Waals surface area contributed by atoms with Gasteiger partial charge in [-0.3, -0.25) is 14.4 Å². The SMILES string of the molecule is CC(=O)NC1=NN(C(C)=O)C2(S1)C(=O)N(Cc1ccccc1)c1c2ccc(Cl)c1Cl. The molecule has 2 aromatic carbocycles. The van der Waals surface area contributed by atoms with Crippen molar-refractivity contribution in [1.29, 1.82) is 0 Å². The highest BCUT2D eigenvalue weighted by Gasteiger charge is 2.61. The summed E-state index contributed by atoms with van der Waals surface area (Å²) >= 11 is 13.8. The van der Waals surface area contributed by atoms with E-state index in [1.54, 1.807) is 12.1 Å². The molecule has 1 unspecified atom stereocenters. The van der Waals surface area contributed by atoms with Gasteiger partial charge in [0.25, 0.3) is 5.91 Å². The minimum atomic E-state index is -1.51. The molecular weight excluding hydrogens is 447 g/mol. The van der Waals surface area contributed by atoms with Crippen LogP contribution in [0.4, 0.5) is 5.69 Å². The van der Waals surface area contributed by atoms with Gasteiger partial charge in [0.05, 0.1) is 22.3 Å². The first kappa shape index (κ1) is 20.7. The Morgan fingerprint density at radius 2 is 1.83 bits per heavy atom. The average molecular weight is 463 g/mol. The maximum atomic E-state index is 13.8. The molecule has 0 saturated heterocycles. The number of hydrazone groups is 1. The van der Waals surface area contributed by atoms with Crippen LogP contribution in [-0.4, -0.2) is 27.9 Å². The zero-order valence-electron chi connectivity index (χ0n) is 16.0. The van der Waals surface area contributed by atoms with Gasteiger partial charge in [0, 0.05) is 19.4 Å². The fourth-order valence-corrected chi connectivity index (χ4v) is 5.30. The van der Waals surface area contributed by atoms with Gasteiger partial charge in [-0.2, -0.15) is 5.01 Å². The Bertz CT molecular complexity index is 1110. The lowest BCUT2D eigenvalue weighted by molar-refractivity contribution is -0.139. The smallest absolute Gasteiger partial charge is 0.271 e. The second-order valence-electron chi connectivity index (χ2n) is 6.80. The van der Waals surface area contributed by atoms with E-state index < -0.39 is 16.7 Å². The Kier molecular flexibility index (Phi) is 5.25. The molecule has 2 aromatic rings. The number of halogens is 2. The van der Waals surface area contributed by atoms with E-state index >= 15 is 0 Å². The van der Waals surface area contributed by atoms with Crippen molar-refractivity contribution < 1.29 is 14.4 Å². The highest BCUT2D eigenvalue weighted by molar-refractivity contribution is 8.15. The van der Waals surface area contributed by atoms with Gasteiger partial charge >= 0.3 is 0 Å². The number of thioether (sulfide) groups is 1. The molecule has 154 valence electrons. The number of carbonyl (C=O) groups excluding carboxylic acids is 3. The second-order valence-corrected chi connectivity index (χ2v) is 8.76. The first-order valence-corrected chi connectivity index (χ1v) is 10.5. The van der Waals surface area contributed by atoms with Crippen molar-refractivity contribution in [2.24, 2.45) is 5.10 Å². The molecule has 0 aromatic heterocycles. The summed E-state index contributed by atoms with van der Waals surface area (Å²) in [5.41, 5.74) is 1.79. The molecule has 30 heavy (non-hydrogen) atoms. The molecule has 10 heteroatoms. The summed E-state index contributed by atoms with van der Waals surface area (Å²) in [6.07, 6.45) is 0. The van der Waals surface area contributed by atoms with Crippen LogP contribution >= 0.6 is 35.0 Å². The van der Waals surface area contributed by atoms with Crippen molar-refractivity contribution >= 4 is 63.5 Å². The van der Waals surface area contributed by atoms with Crippen molar-refractivity contribution in [2.45, 2.75) is 25.3 Å². The topological polar surface area (TPSA) is 82.1 Å². The lowest BCUT2D eigenvalue weighted by atomic mass is 10.1. The van der Waals surface area contributed by atoms with Crippen LogP contribution in [0.3, 0.4) is 0 Å². The van der Waals surface area contributed by atoms with Crippen LogP contribution in [0, 0.1) is 0 Å². The second kappa shape index (κ2) is 7.61. The molecule has 2 aliphatic heterocycles. The van der Waals surface area contributed by atoms with Crippen molar-refractivity contribution in [3.63, 3.8) is 0 Å². The number of amidine groups is 1. The molecule has 1 N–H and O–H groups in total. The summed E-state index contributed by atoms with van der Waals surface area (Å²) in [4.78, 5) is 37.9. The van der Waals surface area contributed by atoms with E-state index in [-0.39, 0.29) is 22.6 Å². The third-order valence-corrected chi connectivity index (χ3v) is 6.77. The summed E-state index contributed by atoms with van der Waals surface area (Å²) in [6.45, 7) is 2.87. The van der Waals surface area contributed by atoms with Crippen LogP contribution in [-0.2, 0) is 25.8 Å². The number of carbonyl (C=O) groups is 3. The molecule has 1 spiro atoms. The van der Waals surface area contributed by atoms with E-state index in [1.807, 2.05) is 30.3 Å². The van der Waals surface area contributed by atoms with Crippen LogP contribution < -0.4 is 10.2 Å². The molecule has 0 saturated carbocycles. The number of rotatable bonds is 2. The monoisotopic (exact) mass is 462 g/mol. The van der Waals surface area contributed by atoms with Gasteiger partial charge < -0.3 is 10.2 Å². The minimum Gasteiger partial charge on any atom is -0.304 e. The molecule has 4 rings (SSSR count). The lowest BCUT2D eigenvalue weighted by Gasteiger charge is -2.29. The minimum absolute atomic E-state index is 0.157. The Labute approximate surface area is 187 Å². The Morgan fingerprint density at radius 1 is 1.13 bits per heavy atom. The number of anilines is 1. The van der Waals surface area contributed by atoms with E-state index in [2.05, 4.69) is 10.4 Å². The predicted octanol–water partition coefficient (Wildman–Crippen LogP) is 3.70. The number of benzene rings is 2. The molecule has 0 aliphatic carbocycles. The van der Waals surface area contributed by atoms with Crippen LogP contribution in [0.1, 0.15) is 25.0 Å². The zero-order valence-corrected chi connectivity index (χ0v) is 18.3. The number of nitrogens with zero attached hydrogens (tertiary/aromatic N) is 3. The summed E-state index contributed by atoms with van der Waals surface area (Å²) in [6, 6.07) is 12.7. The molecule has 2 aliphatic rings.